The minimum absolute atomic E-state index is 0.112. The molecule has 0 bridgehead atoms. The molecule has 104 valence electrons. The van der Waals surface area contributed by atoms with Crippen molar-refractivity contribution in [2.24, 2.45) is 5.73 Å². The third-order valence-electron chi connectivity index (χ3n) is 2.88. The molecular formula is C13H13ClN4O2. The molecule has 0 atom stereocenters. The summed E-state index contributed by atoms with van der Waals surface area (Å²) in [6, 6.07) is 5.24. The molecule has 0 aliphatic carbocycles. The van der Waals surface area contributed by atoms with Crippen LogP contribution >= 0.6 is 11.6 Å². The van der Waals surface area contributed by atoms with Crippen molar-refractivity contribution in [3.8, 4) is 11.3 Å². The summed E-state index contributed by atoms with van der Waals surface area (Å²) in [6.45, 7) is 1.66. The van der Waals surface area contributed by atoms with Gasteiger partial charge in [-0.15, -0.1) is 0 Å². The lowest BCUT2D eigenvalue weighted by atomic mass is 10.1. The fourth-order valence-electron chi connectivity index (χ4n) is 1.88. The average Bonchev–Trinajstić information content (AvgIpc) is 2.69. The van der Waals surface area contributed by atoms with Gasteiger partial charge in [0.05, 0.1) is 5.56 Å². The molecule has 0 radical (unpaired) electrons. The summed E-state index contributed by atoms with van der Waals surface area (Å²) in [5, 5.41) is 4.79. The highest BCUT2D eigenvalue weighted by molar-refractivity contribution is 6.31. The maximum absolute atomic E-state index is 11.2. The predicted octanol–water partition coefficient (Wildman–Crippen LogP) is 1.39. The Kier molecular flexibility index (Phi) is 3.76. The maximum atomic E-state index is 11.2. The van der Waals surface area contributed by atoms with Crippen molar-refractivity contribution in [1.29, 1.82) is 0 Å². The third kappa shape index (κ3) is 2.50. The van der Waals surface area contributed by atoms with Crippen LogP contribution < -0.4 is 11.5 Å². The molecule has 1 aromatic heterocycles. The molecule has 0 unspecified atom stereocenters. The highest BCUT2D eigenvalue weighted by atomic mass is 35.5. The Morgan fingerprint density at radius 1 is 1.50 bits per heavy atom. The number of hydrogen-bond acceptors (Lipinski definition) is 4. The Bertz CT molecular complexity index is 694. The van der Waals surface area contributed by atoms with E-state index in [9.17, 15) is 9.59 Å². The van der Waals surface area contributed by atoms with E-state index in [1.807, 2.05) is 6.92 Å². The molecule has 0 fully saturated rings. The van der Waals surface area contributed by atoms with Crippen molar-refractivity contribution >= 4 is 29.6 Å². The number of hydrogen-bond donors (Lipinski definition) is 2. The minimum atomic E-state index is -0.588. The number of nitrogen functional groups attached to an aromatic ring is 1. The SMILES string of the molecule is Cc1cc(-c2nn(CC(N)=O)c(N)c2C=O)ccc1Cl. The highest BCUT2D eigenvalue weighted by Crippen LogP contribution is 2.28. The molecule has 0 aliphatic heterocycles. The van der Waals surface area contributed by atoms with Crippen LogP contribution in [0.5, 0.6) is 0 Å². The van der Waals surface area contributed by atoms with E-state index in [-0.39, 0.29) is 17.9 Å². The van der Waals surface area contributed by atoms with E-state index < -0.39 is 5.91 Å². The lowest BCUT2D eigenvalue weighted by Gasteiger charge is -2.02. The Hall–Kier alpha value is -2.34. The van der Waals surface area contributed by atoms with Crippen LogP contribution in [0.15, 0.2) is 18.2 Å². The molecule has 7 heteroatoms. The van der Waals surface area contributed by atoms with Crippen LogP contribution in [0.2, 0.25) is 5.02 Å². The van der Waals surface area contributed by atoms with Crippen LogP contribution in [0.1, 0.15) is 15.9 Å². The van der Waals surface area contributed by atoms with Crippen molar-refractivity contribution in [3.05, 3.63) is 34.3 Å². The van der Waals surface area contributed by atoms with Gasteiger partial charge < -0.3 is 11.5 Å². The lowest BCUT2D eigenvalue weighted by molar-refractivity contribution is -0.118. The Labute approximate surface area is 120 Å². The van der Waals surface area contributed by atoms with E-state index in [4.69, 9.17) is 23.1 Å². The zero-order chi connectivity index (χ0) is 14.9. The molecule has 6 nitrogen and oxygen atoms in total. The molecule has 4 N–H and O–H groups in total. The average molecular weight is 293 g/mol. The number of anilines is 1. The first kappa shape index (κ1) is 14.1. The molecular weight excluding hydrogens is 280 g/mol. The van der Waals surface area contributed by atoms with E-state index in [0.29, 0.717) is 22.6 Å². The van der Waals surface area contributed by atoms with Gasteiger partial charge in [0.2, 0.25) is 5.91 Å². The van der Waals surface area contributed by atoms with Gasteiger partial charge in [-0.3, -0.25) is 9.59 Å². The third-order valence-corrected chi connectivity index (χ3v) is 3.31. The number of nitrogens with two attached hydrogens (primary N) is 2. The minimum Gasteiger partial charge on any atom is -0.383 e. The van der Waals surface area contributed by atoms with Crippen molar-refractivity contribution in [1.82, 2.24) is 9.78 Å². The summed E-state index contributed by atoms with van der Waals surface area (Å²) in [7, 11) is 0. The van der Waals surface area contributed by atoms with Crippen LogP contribution in [0, 0.1) is 6.92 Å². The summed E-state index contributed by atoms with van der Waals surface area (Å²) in [5.41, 5.74) is 13.1. The van der Waals surface area contributed by atoms with E-state index in [1.165, 1.54) is 4.68 Å². The molecule has 0 aliphatic rings. The van der Waals surface area contributed by atoms with E-state index in [1.54, 1.807) is 18.2 Å². The topological polar surface area (TPSA) is 104 Å². The fraction of sp³-hybridized carbons (Fsp3) is 0.154. The van der Waals surface area contributed by atoms with Crippen LogP contribution in [-0.2, 0) is 11.3 Å². The number of carbonyl (C=O) groups is 2. The Balaban J connectivity index is 2.58. The van der Waals surface area contributed by atoms with Crippen molar-refractivity contribution in [2.45, 2.75) is 13.5 Å². The van der Waals surface area contributed by atoms with Gasteiger partial charge in [-0.25, -0.2) is 4.68 Å². The molecule has 0 saturated heterocycles. The second kappa shape index (κ2) is 5.34. The molecule has 20 heavy (non-hydrogen) atoms. The molecule has 0 spiro atoms. The van der Waals surface area contributed by atoms with Gasteiger partial charge >= 0.3 is 0 Å². The van der Waals surface area contributed by atoms with Gasteiger partial charge in [0.1, 0.15) is 18.1 Å². The summed E-state index contributed by atoms with van der Waals surface area (Å²) < 4.78 is 1.21. The number of benzene rings is 1. The number of primary amides is 1. The van der Waals surface area contributed by atoms with Crippen molar-refractivity contribution in [3.63, 3.8) is 0 Å². The highest BCUT2D eigenvalue weighted by Gasteiger charge is 2.17. The molecule has 1 amide bonds. The van der Waals surface area contributed by atoms with Gasteiger partial charge in [0, 0.05) is 10.6 Å². The molecule has 1 aromatic carbocycles. The number of halogens is 1. The van der Waals surface area contributed by atoms with E-state index in [0.717, 1.165) is 5.56 Å². The summed E-state index contributed by atoms with van der Waals surface area (Å²) in [5.74, 6) is -0.475. The maximum Gasteiger partial charge on any atom is 0.239 e. The predicted molar refractivity (Wildman–Crippen MR) is 76.4 cm³/mol. The number of rotatable bonds is 4. The quantitative estimate of drug-likeness (QED) is 0.831. The van der Waals surface area contributed by atoms with Crippen molar-refractivity contribution in [2.75, 3.05) is 5.73 Å². The normalized spacial score (nSPS) is 10.5. The molecule has 1 heterocycles. The zero-order valence-electron chi connectivity index (χ0n) is 10.8. The monoisotopic (exact) mass is 292 g/mol. The second-order valence-corrected chi connectivity index (χ2v) is 4.76. The zero-order valence-corrected chi connectivity index (χ0v) is 11.5. The number of carbonyl (C=O) groups excluding carboxylic acids is 2. The second-order valence-electron chi connectivity index (χ2n) is 4.35. The summed E-state index contributed by atoms with van der Waals surface area (Å²) in [6.07, 6.45) is 0.610. The Morgan fingerprint density at radius 3 is 2.75 bits per heavy atom. The van der Waals surface area contributed by atoms with Gasteiger partial charge in [0.25, 0.3) is 0 Å². The summed E-state index contributed by atoms with van der Waals surface area (Å²) in [4.78, 5) is 22.2. The van der Waals surface area contributed by atoms with Crippen LogP contribution in [-0.4, -0.2) is 22.0 Å². The van der Waals surface area contributed by atoms with E-state index >= 15 is 0 Å². The first-order valence-corrected chi connectivity index (χ1v) is 6.18. The fourth-order valence-corrected chi connectivity index (χ4v) is 2.00. The first-order chi connectivity index (χ1) is 9.43. The first-order valence-electron chi connectivity index (χ1n) is 5.80. The van der Waals surface area contributed by atoms with Crippen LogP contribution in [0.25, 0.3) is 11.3 Å². The number of aldehydes is 1. The smallest absolute Gasteiger partial charge is 0.239 e. The van der Waals surface area contributed by atoms with Crippen LogP contribution in [0.3, 0.4) is 0 Å². The number of amides is 1. The molecule has 2 aromatic rings. The number of aromatic nitrogens is 2. The molecule has 2 rings (SSSR count). The van der Waals surface area contributed by atoms with Crippen LogP contribution in [0.4, 0.5) is 5.82 Å². The number of aryl methyl sites for hydroxylation is 1. The number of nitrogens with zero attached hydrogens (tertiary/aromatic N) is 2. The van der Waals surface area contributed by atoms with Crippen molar-refractivity contribution < 1.29 is 9.59 Å². The largest absolute Gasteiger partial charge is 0.383 e. The summed E-state index contributed by atoms with van der Waals surface area (Å²) >= 11 is 5.97. The van der Waals surface area contributed by atoms with E-state index in [2.05, 4.69) is 5.10 Å². The van der Waals surface area contributed by atoms with Gasteiger partial charge in [-0.2, -0.15) is 5.10 Å². The Morgan fingerprint density at radius 2 is 2.20 bits per heavy atom. The standard InChI is InChI=1S/C13H13ClN4O2/c1-7-4-8(2-3-10(7)14)12-9(6-19)13(16)18(17-12)5-11(15)20/h2-4,6H,5,16H2,1H3,(H2,15,20). The van der Waals surface area contributed by atoms with Gasteiger partial charge in [0.15, 0.2) is 6.29 Å². The molecule has 0 saturated carbocycles. The van der Waals surface area contributed by atoms with Gasteiger partial charge in [-0.05, 0) is 24.6 Å². The lowest BCUT2D eigenvalue weighted by Crippen LogP contribution is -2.20. The van der Waals surface area contributed by atoms with Gasteiger partial charge in [-0.1, -0.05) is 17.7 Å².